The first-order valence-corrected chi connectivity index (χ1v) is 9.52. The van der Waals surface area contributed by atoms with Gasteiger partial charge in [0, 0.05) is 30.2 Å². The van der Waals surface area contributed by atoms with Crippen molar-refractivity contribution in [3.63, 3.8) is 0 Å². The van der Waals surface area contributed by atoms with Crippen LogP contribution in [-0.4, -0.2) is 39.6 Å². The number of carbonyl (C=O) groups is 1. The van der Waals surface area contributed by atoms with Crippen molar-refractivity contribution in [3.8, 4) is 0 Å². The highest BCUT2D eigenvalue weighted by atomic mass is 35.5. The van der Waals surface area contributed by atoms with E-state index in [2.05, 4.69) is 20.4 Å². The van der Waals surface area contributed by atoms with Gasteiger partial charge in [-0.05, 0) is 36.4 Å². The number of fused-ring (bicyclic) bond motifs is 1. The van der Waals surface area contributed by atoms with E-state index in [1.54, 1.807) is 11.3 Å². The molecule has 0 bridgehead atoms. The molecular formula is C17H18ClN5OS. The number of aromatic nitrogens is 3. The van der Waals surface area contributed by atoms with Crippen LogP contribution < -0.4 is 10.2 Å². The molecule has 1 N–H and O–H groups in total. The van der Waals surface area contributed by atoms with Crippen LogP contribution in [0.5, 0.6) is 0 Å². The Morgan fingerprint density at radius 2 is 2.12 bits per heavy atom. The maximum atomic E-state index is 12.1. The van der Waals surface area contributed by atoms with Gasteiger partial charge in [-0.15, -0.1) is 21.5 Å². The van der Waals surface area contributed by atoms with Crippen molar-refractivity contribution in [2.75, 3.05) is 18.0 Å². The van der Waals surface area contributed by atoms with Crippen LogP contribution in [0.2, 0.25) is 5.02 Å². The predicted molar refractivity (Wildman–Crippen MR) is 99.4 cm³/mol. The molecule has 25 heavy (non-hydrogen) atoms. The van der Waals surface area contributed by atoms with Crippen molar-refractivity contribution >= 4 is 40.4 Å². The molecule has 4 rings (SSSR count). The number of nitrogens with zero attached hydrogens (tertiary/aromatic N) is 4. The fourth-order valence-corrected chi connectivity index (χ4v) is 4.01. The smallest absolute Gasteiger partial charge is 0.231 e. The molecule has 3 aromatic heterocycles. The number of piperidine rings is 1. The van der Waals surface area contributed by atoms with E-state index in [1.165, 1.54) is 0 Å². The van der Waals surface area contributed by atoms with Gasteiger partial charge in [-0.2, -0.15) is 0 Å². The Morgan fingerprint density at radius 1 is 1.28 bits per heavy atom. The summed E-state index contributed by atoms with van der Waals surface area (Å²) in [6.07, 6.45) is 4.09. The molecule has 1 amide bonds. The standard InChI is InChI=1S/C17H18ClN5OS/c18-12-3-4-15-20-21-17(23(15)11-12)22-7-5-13(6-8-22)19-16(24)10-14-2-1-9-25-14/h1-4,9,11,13H,5-8,10H2,(H,19,24). The normalized spacial score (nSPS) is 15.6. The summed E-state index contributed by atoms with van der Waals surface area (Å²) in [4.78, 5) is 15.4. The fraction of sp³-hybridized carbons (Fsp3) is 0.353. The van der Waals surface area contributed by atoms with Gasteiger partial charge in [0.1, 0.15) is 0 Å². The van der Waals surface area contributed by atoms with Crippen LogP contribution in [0.25, 0.3) is 5.65 Å². The third-order valence-electron chi connectivity index (χ3n) is 4.41. The van der Waals surface area contributed by atoms with Crippen molar-refractivity contribution in [1.29, 1.82) is 0 Å². The average Bonchev–Trinajstić information content (AvgIpc) is 3.25. The summed E-state index contributed by atoms with van der Waals surface area (Å²) >= 11 is 7.70. The maximum Gasteiger partial charge on any atom is 0.231 e. The summed E-state index contributed by atoms with van der Waals surface area (Å²) in [5.41, 5.74) is 0.783. The zero-order valence-electron chi connectivity index (χ0n) is 13.6. The number of carbonyl (C=O) groups excluding carboxylic acids is 1. The summed E-state index contributed by atoms with van der Waals surface area (Å²) in [5.74, 6) is 0.904. The van der Waals surface area contributed by atoms with E-state index in [4.69, 9.17) is 11.6 Å². The minimum Gasteiger partial charge on any atom is -0.353 e. The Hall–Kier alpha value is -2.12. The Morgan fingerprint density at radius 3 is 2.88 bits per heavy atom. The van der Waals surface area contributed by atoms with E-state index in [1.807, 2.05) is 40.2 Å². The molecule has 1 aliphatic rings. The third kappa shape index (κ3) is 3.62. The monoisotopic (exact) mass is 375 g/mol. The number of thiophene rings is 1. The highest BCUT2D eigenvalue weighted by molar-refractivity contribution is 7.10. The molecule has 0 aromatic carbocycles. The first kappa shape index (κ1) is 16.4. The van der Waals surface area contributed by atoms with Crippen LogP contribution in [0.4, 0.5) is 5.95 Å². The van der Waals surface area contributed by atoms with E-state index >= 15 is 0 Å². The van der Waals surface area contributed by atoms with Crippen molar-refractivity contribution in [1.82, 2.24) is 19.9 Å². The van der Waals surface area contributed by atoms with E-state index in [0.29, 0.717) is 11.4 Å². The van der Waals surface area contributed by atoms with Gasteiger partial charge < -0.3 is 10.2 Å². The van der Waals surface area contributed by atoms with Gasteiger partial charge in [0.25, 0.3) is 0 Å². The minimum absolute atomic E-state index is 0.0978. The van der Waals surface area contributed by atoms with E-state index in [9.17, 15) is 4.79 Å². The molecule has 1 fully saturated rings. The van der Waals surface area contributed by atoms with Crippen LogP contribution in [0.1, 0.15) is 17.7 Å². The molecule has 0 atom stereocenters. The number of rotatable bonds is 4. The number of nitrogens with one attached hydrogen (secondary N) is 1. The lowest BCUT2D eigenvalue weighted by Gasteiger charge is -2.32. The quantitative estimate of drug-likeness (QED) is 0.761. The SMILES string of the molecule is O=C(Cc1cccs1)NC1CCN(c2nnc3ccc(Cl)cn23)CC1. The average molecular weight is 376 g/mol. The second-order valence-electron chi connectivity index (χ2n) is 6.16. The first-order chi connectivity index (χ1) is 12.2. The van der Waals surface area contributed by atoms with E-state index < -0.39 is 0 Å². The molecule has 0 radical (unpaired) electrons. The zero-order valence-corrected chi connectivity index (χ0v) is 15.1. The Labute approximate surface area is 154 Å². The van der Waals surface area contributed by atoms with Crippen LogP contribution in [0.3, 0.4) is 0 Å². The van der Waals surface area contributed by atoms with Gasteiger partial charge in [0.05, 0.1) is 11.4 Å². The Balaban J connectivity index is 1.36. The van der Waals surface area contributed by atoms with Gasteiger partial charge in [-0.3, -0.25) is 9.20 Å². The lowest BCUT2D eigenvalue weighted by Crippen LogP contribution is -2.45. The number of hydrogen-bond acceptors (Lipinski definition) is 5. The topological polar surface area (TPSA) is 62.5 Å². The maximum absolute atomic E-state index is 12.1. The first-order valence-electron chi connectivity index (χ1n) is 8.26. The summed E-state index contributed by atoms with van der Waals surface area (Å²) in [6, 6.07) is 7.85. The molecule has 0 unspecified atom stereocenters. The molecule has 1 saturated heterocycles. The predicted octanol–water partition coefficient (Wildman–Crippen LogP) is 2.77. The number of pyridine rings is 1. The van der Waals surface area contributed by atoms with Gasteiger partial charge in [0.2, 0.25) is 11.9 Å². The highest BCUT2D eigenvalue weighted by Crippen LogP contribution is 2.21. The second-order valence-corrected chi connectivity index (χ2v) is 7.63. The van der Waals surface area contributed by atoms with Crippen molar-refractivity contribution in [2.45, 2.75) is 25.3 Å². The van der Waals surface area contributed by atoms with Gasteiger partial charge in [-0.1, -0.05) is 17.7 Å². The van der Waals surface area contributed by atoms with Crippen LogP contribution in [-0.2, 0) is 11.2 Å². The summed E-state index contributed by atoms with van der Waals surface area (Å²) in [6.45, 7) is 1.66. The number of hydrogen-bond donors (Lipinski definition) is 1. The molecule has 0 aliphatic carbocycles. The van der Waals surface area contributed by atoms with Crippen LogP contribution >= 0.6 is 22.9 Å². The molecule has 130 valence electrons. The van der Waals surface area contributed by atoms with Crippen molar-refractivity contribution in [3.05, 3.63) is 45.7 Å². The minimum atomic E-state index is 0.0978. The Bertz CT molecular complexity index is 870. The van der Waals surface area contributed by atoms with Crippen LogP contribution in [0, 0.1) is 0 Å². The summed E-state index contributed by atoms with van der Waals surface area (Å²) in [7, 11) is 0. The van der Waals surface area contributed by atoms with Gasteiger partial charge >= 0.3 is 0 Å². The molecule has 8 heteroatoms. The highest BCUT2D eigenvalue weighted by Gasteiger charge is 2.23. The molecule has 0 saturated carbocycles. The lowest BCUT2D eigenvalue weighted by molar-refractivity contribution is -0.121. The second kappa shape index (κ2) is 7.01. The molecule has 1 aliphatic heterocycles. The number of amides is 1. The largest absolute Gasteiger partial charge is 0.353 e. The summed E-state index contributed by atoms with van der Waals surface area (Å²) in [5, 5.41) is 14.3. The Kier molecular flexibility index (Phi) is 4.59. The van der Waals surface area contributed by atoms with Gasteiger partial charge in [-0.25, -0.2) is 0 Å². The van der Waals surface area contributed by atoms with Crippen molar-refractivity contribution < 1.29 is 4.79 Å². The molecule has 6 nitrogen and oxygen atoms in total. The van der Waals surface area contributed by atoms with E-state index in [-0.39, 0.29) is 11.9 Å². The number of halogens is 1. The van der Waals surface area contributed by atoms with Crippen molar-refractivity contribution in [2.24, 2.45) is 0 Å². The van der Waals surface area contributed by atoms with Gasteiger partial charge in [0.15, 0.2) is 5.65 Å². The lowest BCUT2D eigenvalue weighted by atomic mass is 10.1. The summed E-state index contributed by atoms with van der Waals surface area (Å²) < 4.78 is 1.91. The van der Waals surface area contributed by atoms with Crippen LogP contribution in [0.15, 0.2) is 35.8 Å². The molecular weight excluding hydrogens is 358 g/mol. The third-order valence-corrected chi connectivity index (χ3v) is 5.51. The fourth-order valence-electron chi connectivity index (χ4n) is 3.14. The molecule has 3 aromatic rings. The number of anilines is 1. The zero-order chi connectivity index (χ0) is 17.2. The molecule has 0 spiro atoms. The molecule has 4 heterocycles. The van der Waals surface area contributed by atoms with E-state index in [0.717, 1.165) is 42.4 Å².